The number of para-hydroxylation sites is 1. The summed E-state index contributed by atoms with van der Waals surface area (Å²) in [5, 5.41) is 0. The Labute approximate surface area is 93.2 Å². The van der Waals surface area contributed by atoms with Gasteiger partial charge in [-0.15, -0.1) is 0 Å². The molecule has 0 amide bonds. The largest absolute Gasteiger partial charge is 0.369 e. The van der Waals surface area contributed by atoms with Gasteiger partial charge in [-0.2, -0.15) is 0 Å². The first kappa shape index (κ1) is 9.99. The van der Waals surface area contributed by atoms with Gasteiger partial charge in [-0.1, -0.05) is 12.1 Å². The molecule has 2 rings (SSSR count). The zero-order valence-corrected chi connectivity index (χ0v) is 9.92. The van der Waals surface area contributed by atoms with E-state index in [0.717, 1.165) is 19.5 Å². The third-order valence-electron chi connectivity index (χ3n) is 2.71. The van der Waals surface area contributed by atoms with E-state index in [4.69, 9.17) is 5.73 Å². The molecule has 0 saturated carbocycles. The Morgan fingerprint density at radius 1 is 1.57 bits per heavy atom. The second kappa shape index (κ2) is 3.91. The quantitative estimate of drug-likeness (QED) is 0.833. The number of hydrogen-bond donors (Lipinski definition) is 1. The van der Waals surface area contributed by atoms with Gasteiger partial charge >= 0.3 is 0 Å². The minimum atomic E-state index is 0.275. The maximum absolute atomic E-state index is 6.01. The second-order valence-electron chi connectivity index (χ2n) is 3.75. The third kappa shape index (κ3) is 1.66. The molecule has 1 aliphatic rings. The van der Waals surface area contributed by atoms with Crippen LogP contribution in [0.3, 0.4) is 0 Å². The summed E-state index contributed by atoms with van der Waals surface area (Å²) < 4.78 is 1.18. The van der Waals surface area contributed by atoms with Crippen LogP contribution in [0.2, 0.25) is 0 Å². The number of nitrogens with two attached hydrogens (primary N) is 1. The van der Waals surface area contributed by atoms with Gasteiger partial charge in [-0.05, 0) is 40.9 Å². The van der Waals surface area contributed by atoms with E-state index >= 15 is 0 Å². The van der Waals surface area contributed by atoms with Gasteiger partial charge in [0.15, 0.2) is 0 Å². The van der Waals surface area contributed by atoms with Crippen LogP contribution in [0, 0.1) is 0 Å². The fraction of sp³-hybridized carbons (Fsp3) is 0.455. The molecule has 0 radical (unpaired) electrons. The van der Waals surface area contributed by atoms with Crippen LogP contribution in [-0.2, 0) is 6.42 Å². The molecule has 1 heterocycles. The topological polar surface area (TPSA) is 29.3 Å². The van der Waals surface area contributed by atoms with E-state index in [-0.39, 0.29) is 6.04 Å². The molecule has 14 heavy (non-hydrogen) atoms. The Morgan fingerprint density at radius 2 is 2.36 bits per heavy atom. The summed E-state index contributed by atoms with van der Waals surface area (Å²) in [5.41, 5.74) is 8.70. The van der Waals surface area contributed by atoms with Crippen LogP contribution in [0.15, 0.2) is 22.7 Å². The first-order chi connectivity index (χ1) is 6.72. The molecule has 1 atom stereocenters. The van der Waals surface area contributed by atoms with Gasteiger partial charge in [0.1, 0.15) is 0 Å². The van der Waals surface area contributed by atoms with Crippen LogP contribution < -0.4 is 10.6 Å². The molecule has 0 fully saturated rings. The number of hydrogen-bond acceptors (Lipinski definition) is 2. The van der Waals surface area contributed by atoms with Gasteiger partial charge in [-0.3, -0.25) is 0 Å². The standard InChI is InChI=1S/C11H15BrN2/c1-2-14-7-9(13)6-8-4-3-5-10(12)11(8)14/h3-5,9H,2,6-7,13H2,1H3. The Morgan fingerprint density at radius 3 is 3.07 bits per heavy atom. The third-order valence-corrected chi connectivity index (χ3v) is 3.35. The first-order valence-corrected chi connectivity index (χ1v) is 5.79. The van der Waals surface area contributed by atoms with Crippen molar-refractivity contribution in [1.29, 1.82) is 0 Å². The summed E-state index contributed by atoms with van der Waals surface area (Å²) in [6.45, 7) is 4.15. The Bertz CT molecular complexity index is 338. The molecular weight excluding hydrogens is 240 g/mol. The first-order valence-electron chi connectivity index (χ1n) is 5.00. The highest BCUT2D eigenvalue weighted by atomic mass is 79.9. The molecule has 1 aromatic rings. The predicted molar refractivity (Wildman–Crippen MR) is 63.7 cm³/mol. The summed E-state index contributed by atoms with van der Waals surface area (Å²) in [5.74, 6) is 0. The van der Waals surface area contributed by atoms with E-state index in [9.17, 15) is 0 Å². The number of nitrogens with zero attached hydrogens (tertiary/aromatic N) is 1. The minimum Gasteiger partial charge on any atom is -0.369 e. The highest BCUT2D eigenvalue weighted by Crippen LogP contribution is 2.33. The summed E-state index contributed by atoms with van der Waals surface area (Å²) in [6, 6.07) is 6.62. The van der Waals surface area contributed by atoms with Crippen molar-refractivity contribution in [2.45, 2.75) is 19.4 Å². The smallest absolute Gasteiger partial charge is 0.0544 e. The number of halogens is 1. The average Bonchev–Trinajstić information content (AvgIpc) is 2.16. The van der Waals surface area contributed by atoms with Gasteiger partial charge in [-0.25, -0.2) is 0 Å². The van der Waals surface area contributed by atoms with Crippen molar-refractivity contribution in [3.8, 4) is 0 Å². The lowest BCUT2D eigenvalue weighted by molar-refractivity contribution is 0.607. The molecule has 1 aliphatic heterocycles. The lowest BCUT2D eigenvalue weighted by Crippen LogP contribution is -2.43. The summed E-state index contributed by atoms with van der Waals surface area (Å²) >= 11 is 3.60. The van der Waals surface area contributed by atoms with Crippen molar-refractivity contribution in [3.05, 3.63) is 28.2 Å². The van der Waals surface area contributed by atoms with E-state index < -0.39 is 0 Å². The minimum absolute atomic E-state index is 0.275. The predicted octanol–water partition coefficient (Wildman–Crippen LogP) is 2.16. The number of rotatable bonds is 1. The van der Waals surface area contributed by atoms with Crippen molar-refractivity contribution in [1.82, 2.24) is 0 Å². The molecule has 2 N–H and O–H groups in total. The molecule has 0 aliphatic carbocycles. The molecule has 0 saturated heterocycles. The number of likely N-dealkylation sites (N-methyl/N-ethyl adjacent to an activating group) is 1. The van der Waals surface area contributed by atoms with Crippen LogP contribution in [-0.4, -0.2) is 19.1 Å². The van der Waals surface area contributed by atoms with Crippen molar-refractivity contribution < 1.29 is 0 Å². The number of benzene rings is 1. The monoisotopic (exact) mass is 254 g/mol. The van der Waals surface area contributed by atoms with E-state index in [1.165, 1.54) is 15.7 Å². The zero-order chi connectivity index (χ0) is 10.1. The summed E-state index contributed by atoms with van der Waals surface area (Å²) in [4.78, 5) is 2.34. The van der Waals surface area contributed by atoms with E-state index in [1.54, 1.807) is 0 Å². The van der Waals surface area contributed by atoms with Crippen LogP contribution in [0.1, 0.15) is 12.5 Å². The Kier molecular flexibility index (Phi) is 2.79. The van der Waals surface area contributed by atoms with Crippen LogP contribution >= 0.6 is 15.9 Å². The van der Waals surface area contributed by atoms with Crippen molar-refractivity contribution in [2.24, 2.45) is 5.73 Å². The van der Waals surface area contributed by atoms with E-state index in [0.29, 0.717) is 0 Å². The fourth-order valence-corrected chi connectivity index (χ4v) is 2.75. The van der Waals surface area contributed by atoms with Gasteiger partial charge in [0, 0.05) is 23.6 Å². The molecule has 76 valence electrons. The molecule has 2 nitrogen and oxygen atoms in total. The van der Waals surface area contributed by atoms with Gasteiger partial charge in [0.05, 0.1) is 5.69 Å². The lowest BCUT2D eigenvalue weighted by Gasteiger charge is -2.34. The Hall–Kier alpha value is -0.540. The van der Waals surface area contributed by atoms with Crippen molar-refractivity contribution in [2.75, 3.05) is 18.0 Å². The normalized spacial score (nSPS) is 20.8. The van der Waals surface area contributed by atoms with E-state index in [1.807, 2.05) is 0 Å². The second-order valence-corrected chi connectivity index (χ2v) is 4.60. The fourth-order valence-electron chi connectivity index (χ4n) is 2.09. The number of fused-ring (bicyclic) bond motifs is 1. The summed E-state index contributed by atoms with van der Waals surface area (Å²) in [6.07, 6.45) is 0.991. The van der Waals surface area contributed by atoms with Gasteiger partial charge < -0.3 is 10.6 Å². The average molecular weight is 255 g/mol. The molecular formula is C11H15BrN2. The zero-order valence-electron chi connectivity index (χ0n) is 8.33. The van der Waals surface area contributed by atoms with Crippen LogP contribution in [0.5, 0.6) is 0 Å². The maximum Gasteiger partial charge on any atom is 0.0544 e. The molecule has 0 spiro atoms. The van der Waals surface area contributed by atoms with Crippen LogP contribution in [0.25, 0.3) is 0 Å². The SMILES string of the molecule is CCN1CC(N)Cc2cccc(Br)c21. The van der Waals surface area contributed by atoms with Gasteiger partial charge in [0.2, 0.25) is 0 Å². The summed E-state index contributed by atoms with van der Waals surface area (Å²) in [7, 11) is 0. The molecule has 1 aromatic carbocycles. The molecule has 0 aromatic heterocycles. The maximum atomic E-state index is 6.01. The molecule has 3 heteroatoms. The molecule has 0 bridgehead atoms. The molecule has 1 unspecified atom stereocenters. The van der Waals surface area contributed by atoms with Crippen molar-refractivity contribution >= 4 is 21.6 Å². The van der Waals surface area contributed by atoms with Crippen molar-refractivity contribution in [3.63, 3.8) is 0 Å². The highest BCUT2D eigenvalue weighted by molar-refractivity contribution is 9.10. The van der Waals surface area contributed by atoms with Gasteiger partial charge in [0.25, 0.3) is 0 Å². The Balaban J connectivity index is 2.46. The number of anilines is 1. The van der Waals surface area contributed by atoms with Crippen LogP contribution in [0.4, 0.5) is 5.69 Å². The van der Waals surface area contributed by atoms with E-state index in [2.05, 4.69) is 46.0 Å². The highest BCUT2D eigenvalue weighted by Gasteiger charge is 2.22. The lowest BCUT2D eigenvalue weighted by atomic mass is 9.98.